The molecule has 0 radical (unpaired) electrons. The first kappa shape index (κ1) is 16.4. The Balaban J connectivity index is 1.71. The average molecular weight is 341 g/mol. The minimum absolute atomic E-state index is 0.865. The van der Waals surface area contributed by atoms with E-state index in [0.717, 1.165) is 17.7 Å². The molecule has 0 spiro atoms. The zero-order valence-electron chi connectivity index (χ0n) is 13.1. The van der Waals surface area contributed by atoms with Gasteiger partial charge in [0.05, 0.1) is 5.60 Å². The van der Waals surface area contributed by atoms with E-state index in [1.54, 1.807) is 24.8 Å². The Morgan fingerprint density at radius 3 is 2.52 bits per heavy atom. The second kappa shape index (κ2) is 7.43. The molecule has 0 heterocycles. The molecular formula is C20H20OS2. The highest BCUT2D eigenvalue weighted by Gasteiger charge is 2.13. The number of benzene rings is 1. The first-order valence-corrected chi connectivity index (χ1v) is 9.38. The van der Waals surface area contributed by atoms with Gasteiger partial charge in [0.25, 0.3) is 0 Å². The molecule has 2 aliphatic rings. The lowest BCUT2D eigenvalue weighted by atomic mass is 10.1. The summed E-state index contributed by atoms with van der Waals surface area (Å²) < 4.78 is 0. The van der Waals surface area contributed by atoms with E-state index in [-0.39, 0.29) is 0 Å². The van der Waals surface area contributed by atoms with E-state index in [9.17, 15) is 5.11 Å². The van der Waals surface area contributed by atoms with Crippen LogP contribution in [0.1, 0.15) is 19.8 Å². The fourth-order valence-corrected chi connectivity index (χ4v) is 4.24. The average Bonchev–Trinajstić information content (AvgIpc) is 2.70. The molecule has 0 aliphatic heterocycles. The zero-order valence-corrected chi connectivity index (χ0v) is 14.7. The molecule has 0 saturated heterocycles. The van der Waals surface area contributed by atoms with Crippen LogP contribution in [-0.4, -0.2) is 10.7 Å². The van der Waals surface area contributed by atoms with Crippen LogP contribution in [0.2, 0.25) is 0 Å². The number of hydrogen-bond donors (Lipinski definition) is 1. The lowest BCUT2D eigenvalue weighted by Crippen LogP contribution is -2.15. The third kappa shape index (κ3) is 5.03. The molecule has 1 unspecified atom stereocenters. The van der Waals surface area contributed by atoms with Crippen LogP contribution in [0.4, 0.5) is 0 Å². The molecule has 0 fully saturated rings. The molecule has 1 aromatic carbocycles. The van der Waals surface area contributed by atoms with Crippen LogP contribution >= 0.6 is 23.5 Å². The maximum Gasteiger partial charge on any atom is 0.0987 e. The van der Waals surface area contributed by atoms with Gasteiger partial charge in [0, 0.05) is 19.6 Å². The largest absolute Gasteiger partial charge is 0.382 e. The lowest BCUT2D eigenvalue weighted by molar-refractivity contribution is 0.164. The van der Waals surface area contributed by atoms with Gasteiger partial charge in [-0.3, -0.25) is 0 Å². The van der Waals surface area contributed by atoms with Crippen molar-refractivity contribution < 1.29 is 5.11 Å². The predicted molar refractivity (Wildman–Crippen MR) is 102 cm³/mol. The maximum atomic E-state index is 10.0. The summed E-state index contributed by atoms with van der Waals surface area (Å²) in [5, 5.41) is 10.0. The van der Waals surface area contributed by atoms with Gasteiger partial charge in [-0.15, -0.1) is 0 Å². The van der Waals surface area contributed by atoms with Gasteiger partial charge in [-0.2, -0.15) is 0 Å². The Morgan fingerprint density at radius 1 is 1.00 bits per heavy atom. The first-order chi connectivity index (χ1) is 11.1. The third-order valence-electron chi connectivity index (χ3n) is 3.52. The smallest absolute Gasteiger partial charge is 0.0987 e. The molecule has 0 bridgehead atoms. The van der Waals surface area contributed by atoms with Crippen molar-refractivity contribution >= 4 is 23.5 Å². The second-order valence-corrected chi connectivity index (χ2v) is 8.05. The molecule has 0 amide bonds. The Bertz CT molecular complexity index is 721. The van der Waals surface area contributed by atoms with Gasteiger partial charge in [0.1, 0.15) is 0 Å². The maximum absolute atomic E-state index is 10.0. The van der Waals surface area contributed by atoms with Crippen LogP contribution < -0.4 is 0 Å². The van der Waals surface area contributed by atoms with Crippen LogP contribution in [0.5, 0.6) is 0 Å². The number of allylic oxidation sites excluding steroid dienone is 6. The highest BCUT2D eigenvalue weighted by molar-refractivity contribution is 8.04. The van der Waals surface area contributed by atoms with Crippen molar-refractivity contribution in [1.82, 2.24) is 0 Å². The summed E-state index contributed by atoms with van der Waals surface area (Å²) in [6.45, 7) is 1.78. The first-order valence-electron chi connectivity index (χ1n) is 7.74. The van der Waals surface area contributed by atoms with E-state index in [1.165, 1.54) is 14.7 Å². The van der Waals surface area contributed by atoms with Gasteiger partial charge in [-0.1, -0.05) is 53.9 Å². The molecule has 23 heavy (non-hydrogen) atoms. The molecule has 0 aromatic heterocycles. The van der Waals surface area contributed by atoms with Gasteiger partial charge >= 0.3 is 0 Å². The van der Waals surface area contributed by atoms with E-state index in [1.807, 2.05) is 36.1 Å². The van der Waals surface area contributed by atoms with Crippen LogP contribution in [0.3, 0.4) is 0 Å². The molecule has 1 atom stereocenters. The summed E-state index contributed by atoms with van der Waals surface area (Å²) >= 11 is 3.53. The van der Waals surface area contributed by atoms with Crippen molar-refractivity contribution in [2.75, 3.05) is 0 Å². The third-order valence-corrected chi connectivity index (χ3v) is 5.54. The lowest BCUT2D eigenvalue weighted by Gasteiger charge is -2.11. The van der Waals surface area contributed by atoms with Crippen molar-refractivity contribution in [3.05, 3.63) is 82.7 Å². The molecule has 2 aliphatic carbocycles. The van der Waals surface area contributed by atoms with Crippen molar-refractivity contribution in [3.63, 3.8) is 0 Å². The second-order valence-electron chi connectivity index (χ2n) is 5.75. The van der Waals surface area contributed by atoms with Crippen LogP contribution in [0.25, 0.3) is 0 Å². The van der Waals surface area contributed by atoms with Crippen molar-refractivity contribution in [2.45, 2.75) is 35.2 Å². The van der Waals surface area contributed by atoms with Gasteiger partial charge in [0.2, 0.25) is 0 Å². The Kier molecular flexibility index (Phi) is 5.31. The molecular weight excluding hydrogens is 320 g/mol. The highest BCUT2D eigenvalue weighted by atomic mass is 32.2. The fraction of sp³-hybridized carbons (Fsp3) is 0.200. The normalized spacial score (nSPS) is 23.4. The zero-order chi connectivity index (χ0) is 16.1. The van der Waals surface area contributed by atoms with E-state index < -0.39 is 5.60 Å². The van der Waals surface area contributed by atoms with E-state index >= 15 is 0 Å². The van der Waals surface area contributed by atoms with Gasteiger partial charge in [-0.05, 0) is 62.3 Å². The summed E-state index contributed by atoms with van der Waals surface area (Å²) in [4.78, 5) is 4.92. The van der Waals surface area contributed by atoms with Crippen LogP contribution in [0, 0.1) is 0 Å². The monoisotopic (exact) mass is 340 g/mol. The Morgan fingerprint density at radius 2 is 1.78 bits per heavy atom. The molecule has 1 aromatic rings. The minimum atomic E-state index is -0.865. The summed E-state index contributed by atoms with van der Waals surface area (Å²) in [6, 6.07) is 8.60. The van der Waals surface area contributed by atoms with E-state index in [4.69, 9.17) is 0 Å². The van der Waals surface area contributed by atoms with Crippen molar-refractivity contribution in [1.29, 1.82) is 0 Å². The quantitative estimate of drug-likeness (QED) is 0.740. The van der Waals surface area contributed by atoms with Gasteiger partial charge in [0.15, 0.2) is 0 Å². The Hall–Kier alpha value is -1.42. The predicted octanol–water partition coefficient (Wildman–Crippen LogP) is 5.87. The minimum Gasteiger partial charge on any atom is -0.382 e. The van der Waals surface area contributed by atoms with Crippen LogP contribution in [-0.2, 0) is 0 Å². The van der Waals surface area contributed by atoms with E-state index in [0.29, 0.717) is 0 Å². The Labute approximate surface area is 146 Å². The topological polar surface area (TPSA) is 20.2 Å². The molecule has 0 saturated carbocycles. The summed E-state index contributed by atoms with van der Waals surface area (Å²) in [5.74, 6) is 0. The molecule has 1 N–H and O–H groups in total. The number of rotatable bonds is 4. The van der Waals surface area contributed by atoms with Gasteiger partial charge < -0.3 is 5.11 Å². The number of thioether (sulfide) groups is 2. The fourth-order valence-electron chi connectivity index (χ4n) is 2.31. The number of hydrogen-bond acceptors (Lipinski definition) is 3. The molecule has 3 rings (SSSR count). The summed E-state index contributed by atoms with van der Waals surface area (Å²) in [6.07, 6.45) is 18.6. The molecule has 1 nitrogen and oxygen atoms in total. The van der Waals surface area contributed by atoms with Crippen molar-refractivity contribution in [2.24, 2.45) is 0 Å². The molecule has 118 valence electrons. The highest BCUT2D eigenvalue weighted by Crippen LogP contribution is 2.35. The number of aliphatic hydroxyl groups is 1. The summed E-state index contributed by atoms with van der Waals surface area (Å²) in [7, 11) is 0. The molecule has 3 heteroatoms. The summed E-state index contributed by atoms with van der Waals surface area (Å²) in [5.41, 5.74) is -0.865. The SMILES string of the molecule is CC1(O)C=CC=C(Sc2cccc(SC3=CCCC=C3)c2)C=C1. The van der Waals surface area contributed by atoms with Crippen LogP contribution in [0.15, 0.2) is 92.5 Å². The van der Waals surface area contributed by atoms with E-state index in [2.05, 4.69) is 42.5 Å². The van der Waals surface area contributed by atoms with Gasteiger partial charge in [-0.25, -0.2) is 0 Å². The van der Waals surface area contributed by atoms with Crippen molar-refractivity contribution in [3.8, 4) is 0 Å². The standard InChI is InChI=1S/C20H20OS2/c1-20(21)13-6-11-17(12-14-20)23-19-10-5-9-18(15-19)22-16-7-3-2-4-8-16/h3,5-15,21H,2,4H2,1H3.